The third-order valence-electron chi connectivity index (χ3n) is 6.50. The van der Waals surface area contributed by atoms with Gasteiger partial charge in [0.1, 0.15) is 17.4 Å². The first-order chi connectivity index (χ1) is 16.6. The van der Waals surface area contributed by atoms with Gasteiger partial charge in [0.2, 0.25) is 0 Å². The average molecular weight is 471 g/mol. The maximum atomic E-state index is 13.3. The lowest BCUT2D eigenvalue weighted by molar-refractivity contribution is -0.118. The molecule has 1 aliphatic carbocycles. The van der Waals surface area contributed by atoms with Gasteiger partial charge in [0.25, 0.3) is 5.91 Å². The van der Waals surface area contributed by atoms with Crippen molar-refractivity contribution in [3.05, 3.63) is 88.3 Å². The number of carboxylic acid groups (broad SMARTS) is 1. The van der Waals surface area contributed by atoms with Gasteiger partial charge in [-0.15, -0.1) is 0 Å². The van der Waals surface area contributed by atoms with E-state index >= 15 is 0 Å². The third-order valence-corrected chi connectivity index (χ3v) is 6.50. The number of allylic oxidation sites excluding steroid dienone is 2. The number of nitrogens with one attached hydrogen (secondary N) is 2. The fraction of sp³-hybridized carbons (Fsp3) is 0.259. The molecule has 35 heavy (non-hydrogen) atoms. The van der Waals surface area contributed by atoms with Gasteiger partial charge in [0.15, 0.2) is 5.78 Å². The summed E-state index contributed by atoms with van der Waals surface area (Å²) >= 11 is 0. The van der Waals surface area contributed by atoms with Crippen molar-refractivity contribution in [2.24, 2.45) is 5.41 Å². The van der Waals surface area contributed by atoms with Crippen LogP contribution in [0.2, 0.25) is 0 Å². The average Bonchev–Trinajstić information content (AvgIpc) is 3.20. The number of Topliss-reactive ketones (excluding diaryl/α,β-unsaturated/α-hetero) is 1. The number of amides is 1. The lowest BCUT2D eigenvalue weighted by Gasteiger charge is -2.39. The minimum atomic E-state index is -1.02. The van der Waals surface area contributed by atoms with Crippen molar-refractivity contribution in [3.63, 3.8) is 0 Å². The number of carbonyl (C=O) groups excluding carboxylic acids is 2. The number of hydrogen-bond acceptors (Lipinski definition) is 5. The van der Waals surface area contributed by atoms with Crippen LogP contribution < -0.4 is 10.6 Å². The van der Waals surface area contributed by atoms with Gasteiger partial charge in [0, 0.05) is 23.4 Å². The molecule has 1 atom stereocenters. The molecule has 1 amide bonds. The molecule has 0 spiro atoms. The standard InChI is InChI=1S/C27H26N4O4/c1-15-5-4-6-18(11-15)29-25(33)19-14-28-31-23(16-7-9-17(10-8-16)26(34)35)22-20(30-24(19)31)12-27(2,3)13-21(22)32/h4-11,14,23,30H,12-13H2,1-3H3,(H,29,33)(H,34,35)/t23-/m1/s1. The number of rotatable bonds is 4. The van der Waals surface area contributed by atoms with E-state index < -0.39 is 12.0 Å². The molecule has 2 heterocycles. The molecule has 3 aromatic rings. The van der Waals surface area contributed by atoms with E-state index in [0.29, 0.717) is 35.5 Å². The minimum absolute atomic E-state index is 0.0166. The second kappa shape index (κ2) is 8.23. The Kier molecular flexibility index (Phi) is 5.31. The largest absolute Gasteiger partial charge is 0.478 e. The van der Waals surface area contributed by atoms with Gasteiger partial charge in [-0.3, -0.25) is 9.59 Å². The smallest absolute Gasteiger partial charge is 0.335 e. The normalized spacial score (nSPS) is 18.4. The molecule has 0 unspecified atom stereocenters. The number of carbonyl (C=O) groups is 3. The van der Waals surface area contributed by atoms with Crippen LogP contribution in [0.5, 0.6) is 0 Å². The van der Waals surface area contributed by atoms with E-state index in [1.165, 1.54) is 18.3 Å². The van der Waals surface area contributed by atoms with Crippen LogP contribution in [-0.4, -0.2) is 32.5 Å². The number of fused-ring (bicyclic) bond motifs is 1. The molecule has 8 nitrogen and oxygen atoms in total. The minimum Gasteiger partial charge on any atom is -0.478 e. The Morgan fingerprint density at radius 1 is 1.14 bits per heavy atom. The highest BCUT2D eigenvalue weighted by molar-refractivity contribution is 6.08. The second-order valence-electron chi connectivity index (χ2n) is 9.96. The second-order valence-corrected chi connectivity index (χ2v) is 9.96. The summed E-state index contributed by atoms with van der Waals surface area (Å²) in [5, 5.41) is 20.1. The maximum absolute atomic E-state index is 13.3. The van der Waals surface area contributed by atoms with Crippen molar-refractivity contribution in [2.75, 3.05) is 10.6 Å². The summed E-state index contributed by atoms with van der Waals surface area (Å²) in [6.45, 7) is 6.05. The van der Waals surface area contributed by atoms with E-state index in [-0.39, 0.29) is 22.7 Å². The molecule has 5 rings (SSSR count). The monoisotopic (exact) mass is 470 g/mol. The van der Waals surface area contributed by atoms with Gasteiger partial charge < -0.3 is 15.7 Å². The highest BCUT2D eigenvalue weighted by Gasteiger charge is 2.42. The molecule has 8 heteroatoms. The van der Waals surface area contributed by atoms with Crippen molar-refractivity contribution in [1.29, 1.82) is 0 Å². The maximum Gasteiger partial charge on any atom is 0.335 e. The molecule has 0 saturated heterocycles. The zero-order valence-corrected chi connectivity index (χ0v) is 19.8. The van der Waals surface area contributed by atoms with E-state index in [2.05, 4.69) is 15.7 Å². The fourth-order valence-corrected chi connectivity index (χ4v) is 4.91. The summed E-state index contributed by atoms with van der Waals surface area (Å²) in [4.78, 5) is 37.9. The van der Waals surface area contributed by atoms with Crippen molar-refractivity contribution in [1.82, 2.24) is 9.78 Å². The zero-order chi connectivity index (χ0) is 24.9. The quantitative estimate of drug-likeness (QED) is 0.505. The van der Waals surface area contributed by atoms with E-state index in [9.17, 15) is 19.5 Å². The molecule has 0 radical (unpaired) electrons. The first-order valence-corrected chi connectivity index (χ1v) is 11.4. The lowest BCUT2D eigenvalue weighted by Crippen LogP contribution is -2.37. The fourth-order valence-electron chi connectivity index (χ4n) is 4.91. The summed E-state index contributed by atoms with van der Waals surface area (Å²) in [5.41, 5.74) is 4.11. The van der Waals surface area contributed by atoms with Crippen LogP contribution in [0.1, 0.15) is 64.6 Å². The SMILES string of the molecule is Cc1cccc(NC(=O)c2cnn3c2NC2=C(C(=O)CC(C)(C)C2)[C@H]3c2ccc(C(=O)O)cc2)c1. The number of carboxylic acids is 1. The Morgan fingerprint density at radius 3 is 2.57 bits per heavy atom. The summed E-state index contributed by atoms with van der Waals surface area (Å²) in [6, 6.07) is 13.4. The topological polar surface area (TPSA) is 113 Å². The number of anilines is 2. The summed E-state index contributed by atoms with van der Waals surface area (Å²) in [7, 11) is 0. The van der Waals surface area contributed by atoms with E-state index in [0.717, 1.165) is 16.8 Å². The summed E-state index contributed by atoms with van der Waals surface area (Å²) in [5.74, 6) is -0.809. The third kappa shape index (κ3) is 4.12. The van der Waals surface area contributed by atoms with Crippen LogP contribution in [0.3, 0.4) is 0 Å². The van der Waals surface area contributed by atoms with Crippen molar-refractivity contribution in [2.45, 2.75) is 39.7 Å². The van der Waals surface area contributed by atoms with Crippen molar-refractivity contribution >= 4 is 29.2 Å². The molecular weight excluding hydrogens is 444 g/mol. The number of aromatic nitrogens is 2. The van der Waals surface area contributed by atoms with Gasteiger partial charge in [-0.05, 0) is 54.2 Å². The molecule has 0 fully saturated rings. The van der Waals surface area contributed by atoms with Crippen LogP contribution in [0, 0.1) is 12.3 Å². The number of benzene rings is 2. The van der Waals surface area contributed by atoms with Crippen molar-refractivity contribution < 1.29 is 19.5 Å². The molecule has 178 valence electrons. The van der Waals surface area contributed by atoms with Crippen LogP contribution in [0.25, 0.3) is 0 Å². The Hall–Kier alpha value is -4.20. The predicted molar refractivity (Wildman–Crippen MR) is 132 cm³/mol. The molecule has 1 aliphatic heterocycles. The van der Waals surface area contributed by atoms with Crippen LogP contribution >= 0.6 is 0 Å². The number of aryl methyl sites for hydroxylation is 1. The summed E-state index contributed by atoms with van der Waals surface area (Å²) in [6.07, 6.45) is 2.54. The zero-order valence-electron chi connectivity index (χ0n) is 19.8. The molecule has 2 aromatic carbocycles. The molecule has 1 aromatic heterocycles. The van der Waals surface area contributed by atoms with E-state index in [4.69, 9.17) is 0 Å². The first-order valence-electron chi connectivity index (χ1n) is 11.4. The Bertz CT molecular complexity index is 1400. The highest BCUT2D eigenvalue weighted by Crippen LogP contribution is 2.46. The lowest BCUT2D eigenvalue weighted by atomic mass is 9.73. The summed E-state index contributed by atoms with van der Waals surface area (Å²) < 4.78 is 1.65. The Morgan fingerprint density at radius 2 is 1.89 bits per heavy atom. The first kappa shape index (κ1) is 22.6. The molecule has 0 saturated carbocycles. The van der Waals surface area contributed by atoms with Crippen LogP contribution in [0.15, 0.2) is 66.0 Å². The number of hydrogen-bond donors (Lipinski definition) is 3. The van der Waals surface area contributed by atoms with Gasteiger partial charge in [0.05, 0.1) is 11.8 Å². The molecule has 2 aliphatic rings. The number of nitrogens with zero attached hydrogens (tertiary/aromatic N) is 2. The van der Waals surface area contributed by atoms with Gasteiger partial charge in [-0.1, -0.05) is 38.1 Å². The van der Waals surface area contributed by atoms with E-state index in [1.807, 2.05) is 45.0 Å². The molecule has 0 bridgehead atoms. The Labute approximate surface area is 202 Å². The van der Waals surface area contributed by atoms with Crippen LogP contribution in [0.4, 0.5) is 11.5 Å². The van der Waals surface area contributed by atoms with Crippen molar-refractivity contribution in [3.8, 4) is 0 Å². The van der Waals surface area contributed by atoms with Gasteiger partial charge in [-0.25, -0.2) is 9.48 Å². The predicted octanol–water partition coefficient (Wildman–Crippen LogP) is 4.80. The number of ketones is 1. The highest BCUT2D eigenvalue weighted by atomic mass is 16.4. The van der Waals surface area contributed by atoms with E-state index in [1.54, 1.807) is 16.8 Å². The van der Waals surface area contributed by atoms with Gasteiger partial charge >= 0.3 is 5.97 Å². The molecular formula is C27H26N4O4. The number of aromatic carboxylic acids is 1. The Balaban J connectivity index is 1.59. The van der Waals surface area contributed by atoms with Gasteiger partial charge in [-0.2, -0.15) is 5.10 Å². The van der Waals surface area contributed by atoms with Crippen LogP contribution in [-0.2, 0) is 4.79 Å². The molecule has 3 N–H and O–H groups in total.